The van der Waals surface area contributed by atoms with Crippen LogP contribution in [-0.2, 0) is 6.18 Å². The molecule has 1 rings (SSSR count). The fraction of sp³-hybridized carbons (Fsp3) is 0.538. The Hall–Kier alpha value is -1.30. The molecule has 1 unspecified atom stereocenters. The van der Waals surface area contributed by atoms with Crippen LogP contribution in [0.2, 0.25) is 0 Å². The third-order valence-corrected chi connectivity index (χ3v) is 2.87. The van der Waals surface area contributed by atoms with Crippen molar-refractivity contribution < 1.29 is 18.0 Å². The second-order valence-electron chi connectivity index (χ2n) is 4.87. The molecule has 20 heavy (non-hydrogen) atoms. The van der Waals surface area contributed by atoms with Crippen LogP contribution in [0.25, 0.3) is 0 Å². The highest BCUT2D eigenvalue weighted by atomic mass is 35.5. The van der Waals surface area contributed by atoms with Gasteiger partial charge in [-0.1, -0.05) is 13.8 Å². The Balaban J connectivity index is 2.56. The van der Waals surface area contributed by atoms with E-state index in [9.17, 15) is 18.0 Å². The molecule has 1 aromatic rings. The van der Waals surface area contributed by atoms with Crippen molar-refractivity contribution in [1.82, 2.24) is 10.3 Å². The molecule has 1 atom stereocenters. The molecular weight excluding hydrogens is 293 g/mol. The van der Waals surface area contributed by atoms with Gasteiger partial charge in [-0.15, -0.1) is 11.6 Å². The number of rotatable bonds is 5. The molecule has 0 aromatic carbocycles. The average molecular weight is 309 g/mol. The van der Waals surface area contributed by atoms with E-state index in [1.165, 1.54) is 0 Å². The first kappa shape index (κ1) is 16.8. The number of alkyl halides is 4. The van der Waals surface area contributed by atoms with Crippen molar-refractivity contribution in [3.8, 4) is 0 Å². The standard InChI is InChI=1S/C13H16ClF3N2O/c1-8(2)5-10(14)7-19-12(20)11-4-3-9(6-18-11)13(15,16)17/h3-4,6,8,10H,5,7H2,1-2H3,(H,19,20). The van der Waals surface area contributed by atoms with Gasteiger partial charge in [0.2, 0.25) is 0 Å². The third-order valence-electron chi connectivity index (χ3n) is 2.53. The minimum atomic E-state index is -4.46. The van der Waals surface area contributed by atoms with Crippen LogP contribution >= 0.6 is 11.6 Å². The lowest BCUT2D eigenvalue weighted by Gasteiger charge is -2.13. The van der Waals surface area contributed by atoms with Gasteiger partial charge in [0.25, 0.3) is 5.91 Å². The fourth-order valence-corrected chi connectivity index (χ4v) is 2.02. The normalized spacial score (nSPS) is 13.3. The number of nitrogens with zero attached hydrogens (tertiary/aromatic N) is 1. The number of hydrogen-bond acceptors (Lipinski definition) is 2. The van der Waals surface area contributed by atoms with Crippen molar-refractivity contribution >= 4 is 17.5 Å². The van der Waals surface area contributed by atoms with Crippen LogP contribution in [0.1, 0.15) is 36.3 Å². The number of aromatic nitrogens is 1. The molecule has 0 aliphatic heterocycles. The zero-order chi connectivity index (χ0) is 15.3. The number of amides is 1. The molecule has 0 aliphatic carbocycles. The molecule has 0 bridgehead atoms. The minimum Gasteiger partial charge on any atom is -0.349 e. The predicted octanol–water partition coefficient (Wildman–Crippen LogP) is 3.48. The maximum Gasteiger partial charge on any atom is 0.417 e. The van der Waals surface area contributed by atoms with E-state index in [1.807, 2.05) is 13.8 Å². The lowest BCUT2D eigenvalue weighted by molar-refractivity contribution is -0.137. The van der Waals surface area contributed by atoms with Crippen molar-refractivity contribution in [2.75, 3.05) is 6.54 Å². The van der Waals surface area contributed by atoms with E-state index in [-0.39, 0.29) is 17.6 Å². The molecule has 0 fully saturated rings. The lowest BCUT2D eigenvalue weighted by Crippen LogP contribution is -2.31. The Morgan fingerprint density at radius 3 is 2.50 bits per heavy atom. The lowest BCUT2D eigenvalue weighted by atomic mass is 10.1. The Morgan fingerprint density at radius 1 is 1.40 bits per heavy atom. The number of carbonyl (C=O) groups excluding carboxylic acids is 1. The van der Waals surface area contributed by atoms with E-state index in [4.69, 9.17) is 11.6 Å². The molecule has 1 amide bonds. The smallest absolute Gasteiger partial charge is 0.349 e. The summed E-state index contributed by atoms with van der Waals surface area (Å²) < 4.78 is 37.0. The summed E-state index contributed by atoms with van der Waals surface area (Å²) >= 11 is 6.01. The number of carbonyl (C=O) groups is 1. The van der Waals surface area contributed by atoms with E-state index < -0.39 is 17.6 Å². The van der Waals surface area contributed by atoms with Crippen LogP contribution in [-0.4, -0.2) is 22.8 Å². The molecule has 0 saturated carbocycles. The molecule has 0 aliphatic rings. The highest BCUT2D eigenvalue weighted by Crippen LogP contribution is 2.28. The summed E-state index contributed by atoms with van der Waals surface area (Å²) in [7, 11) is 0. The largest absolute Gasteiger partial charge is 0.417 e. The molecule has 112 valence electrons. The second-order valence-corrected chi connectivity index (χ2v) is 5.48. The molecule has 0 saturated heterocycles. The van der Waals surface area contributed by atoms with Crippen molar-refractivity contribution in [2.24, 2.45) is 5.92 Å². The SMILES string of the molecule is CC(C)CC(Cl)CNC(=O)c1ccc(C(F)(F)F)cn1. The van der Waals surface area contributed by atoms with E-state index >= 15 is 0 Å². The van der Waals surface area contributed by atoms with Crippen LogP contribution in [0, 0.1) is 5.92 Å². The van der Waals surface area contributed by atoms with Gasteiger partial charge >= 0.3 is 6.18 Å². The Kier molecular flexibility index (Phi) is 5.80. The summed E-state index contributed by atoms with van der Waals surface area (Å²) in [4.78, 5) is 15.2. The van der Waals surface area contributed by atoms with Crippen molar-refractivity contribution in [3.63, 3.8) is 0 Å². The summed E-state index contributed by atoms with van der Waals surface area (Å²) in [5.74, 6) is -0.133. The third kappa shape index (κ3) is 5.36. The first-order chi connectivity index (χ1) is 9.20. The fourth-order valence-electron chi connectivity index (χ4n) is 1.58. The predicted molar refractivity (Wildman–Crippen MR) is 70.7 cm³/mol. The van der Waals surface area contributed by atoms with Crippen LogP contribution in [0.4, 0.5) is 13.2 Å². The van der Waals surface area contributed by atoms with E-state index in [0.717, 1.165) is 18.6 Å². The Morgan fingerprint density at radius 2 is 2.05 bits per heavy atom. The van der Waals surface area contributed by atoms with Crippen molar-refractivity contribution in [3.05, 3.63) is 29.6 Å². The molecule has 0 spiro atoms. The average Bonchev–Trinajstić information content (AvgIpc) is 2.34. The second kappa shape index (κ2) is 6.92. The van der Waals surface area contributed by atoms with Gasteiger partial charge < -0.3 is 5.32 Å². The maximum atomic E-state index is 12.3. The summed E-state index contributed by atoms with van der Waals surface area (Å²) in [6, 6.07) is 1.87. The zero-order valence-electron chi connectivity index (χ0n) is 11.2. The molecule has 3 nitrogen and oxygen atoms in total. The van der Waals surface area contributed by atoms with Crippen LogP contribution in [0.3, 0.4) is 0 Å². The number of hydrogen-bond donors (Lipinski definition) is 1. The van der Waals surface area contributed by atoms with Crippen molar-refractivity contribution in [2.45, 2.75) is 31.8 Å². The van der Waals surface area contributed by atoms with Gasteiger partial charge in [-0.2, -0.15) is 13.2 Å². The summed E-state index contributed by atoms with van der Waals surface area (Å²) in [5, 5.41) is 2.33. The van der Waals surface area contributed by atoms with E-state index in [0.29, 0.717) is 12.1 Å². The quantitative estimate of drug-likeness (QED) is 0.846. The van der Waals surface area contributed by atoms with Gasteiger partial charge in [0.1, 0.15) is 5.69 Å². The number of pyridine rings is 1. The number of nitrogens with one attached hydrogen (secondary N) is 1. The number of halogens is 4. The minimum absolute atomic E-state index is 0.0635. The van der Waals surface area contributed by atoms with Crippen LogP contribution in [0.5, 0.6) is 0 Å². The van der Waals surface area contributed by atoms with Gasteiger partial charge in [0.05, 0.1) is 10.9 Å². The topological polar surface area (TPSA) is 42.0 Å². The monoisotopic (exact) mass is 308 g/mol. The zero-order valence-corrected chi connectivity index (χ0v) is 11.9. The molecule has 0 radical (unpaired) electrons. The van der Waals surface area contributed by atoms with Gasteiger partial charge in [-0.25, -0.2) is 0 Å². The summed E-state index contributed by atoms with van der Waals surface area (Å²) in [6.45, 7) is 4.27. The van der Waals surface area contributed by atoms with Gasteiger partial charge in [0, 0.05) is 12.7 Å². The highest BCUT2D eigenvalue weighted by Gasteiger charge is 2.30. The van der Waals surface area contributed by atoms with E-state index in [1.54, 1.807) is 0 Å². The van der Waals surface area contributed by atoms with Crippen LogP contribution < -0.4 is 5.32 Å². The van der Waals surface area contributed by atoms with Gasteiger partial charge in [-0.3, -0.25) is 9.78 Å². The van der Waals surface area contributed by atoms with Gasteiger partial charge in [0.15, 0.2) is 0 Å². The molecule has 1 aromatic heterocycles. The molecule has 7 heteroatoms. The highest BCUT2D eigenvalue weighted by molar-refractivity contribution is 6.20. The first-order valence-electron chi connectivity index (χ1n) is 6.15. The Labute approximate surface area is 120 Å². The Bertz CT molecular complexity index is 446. The summed E-state index contributed by atoms with van der Waals surface area (Å²) in [5.41, 5.74) is -0.949. The molecule has 1 N–H and O–H groups in total. The van der Waals surface area contributed by atoms with Crippen molar-refractivity contribution in [1.29, 1.82) is 0 Å². The maximum absolute atomic E-state index is 12.3. The first-order valence-corrected chi connectivity index (χ1v) is 6.59. The molecule has 1 heterocycles. The van der Waals surface area contributed by atoms with Crippen LogP contribution in [0.15, 0.2) is 18.3 Å². The van der Waals surface area contributed by atoms with Gasteiger partial charge in [-0.05, 0) is 24.5 Å². The summed E-state index contributed by atoms with van der Waals surface area (Å²) in [6.07, 6.45) is -3.08. The molecular formula is C13H16ClF3N2O. The van der Waals surface area contributed by atoms with E-state index in [2.05, 4.69) is 10.3 Å².